The number of aliphatic hydroxyl groups excluding tert-OH is 1. The topological polar surface area (TPSA) is 90.4 Å². The highest BCUT2D eigenvalue weighted by Gasteiger charge is 2.80. The predicted octanol–water partition coefficient (Wildman–Crippen LogP) is 2.86. The monoisotopic (exact) mass is 517 g/mol. The highest BCUT2D eigenvalue weighted by atomic mass is 16.5. The van der Waals surface area contributed by atoms with Crippen LogP contribution in [0.1, 0.15) is 60.3 Å². The molecule has 3 aliphatic heterocycles. The van der Waals surface area contributed by atoms with Gasteiger partial charge >= 0.3 is 0 Å². The van der Waals surface area contributed by atoms with Gasteiger partial charge in [0.05, 0.1) is 30.1 Å². The van der Waals surface area contributed by atoms with Gasteiger partial charge in [0.25, 0.3) is 0 Å². The summed E-state index contributed by atoms with van der Waals surface area (Å²) in [6.45, 7) is 18.7. The molecule has 0 aromatic heterocycles. The fourth-order valence-electron chi connectivity index (χ4n) is 6.99. The van der Waals surface area contributed by atoms with Gasteiger partial charge in [-0.15, -0.1) is 13.2 Å². The average Bonchev–Trinajstić information content (AvgIpc) is 3.38. The minimum Gasteiger partial charge on any atom is -0.394 e. The fraction of sp³-hybridized carbons (Fsp3) is 0.759. The van der Waals surface area contributed by atoms with Crippen LogP contribution in [-0.4, -0.2) is 94.1 Å². The van der Waals surface area contributed by atoms with E-state index in [2.05, 4.69) is 20.1 Å². The number of unbranched alkanes of at least 4 members (excludes halogenated alkanes) is 1. The first-order valence-corrected chi connectivity index (χ1v) is 13.9. The number of amides is 3. The van der Waals surface area contributed by atoms with Crippen LogP contribution in [0, 0.1) is 23.7 Å². The Bertz CT molecular complexity index is 908. The zero-order valence-electron chi connectivity index (χ0n) is 23.6. The van der Waals surface area contributed by atoms with Gasteiger partial charge in [0, 0.05) is 26.7 Å². The van der Waals surface area contributed by atoms with E-state index in [0.29, 0.717) is 26.1 Å². The van der Waals surface area contributed by atoms with Crippen molar-refractivity contribution in [2.75, 3.05) is 33.3 Å². The third-order valence-electron chi connectivity index (χ3n) is 9.32. The lowest BCUT2D eigenvalue weighted by Gasteiger charge is -2.41. The standard InChI is InChI=1S/C29H47N3O5/c1-9-13-16-31(15-11-3)27(36)24-29-17-20(6)28(7,37-29)22(25(34)30(8)14-10-2)23(29)26(35)32(24)21(18-33)19(5)12-4/h10-11,19-24,33H,2-3,9,12-18H2,1,4-8H3/t19-,20?,21-,22-,23-,24?,28+,29?/m0/s1. The molecule has 0 saturated carbocycles. The van der Waals surface area contributed by atoms with Gasteiger partial charge in [0.15, 0.2) is 0 Å². The van der Waals surface area contributed by atoms with Crippen LogP contribution in [-0.2, 0) is 19.1 Å². The number of ether oxygens (including phenoxy) is 1. The number of fused-ring (bicyclic) bond motifs is 1. The van der Waals surface area contributed by atoms with Gasteiger partial charge in [0.1, 0.15) is 11.6 Å². The number of aliphatic hydroxyl groups is 1. The van der Waals surface area contributed by atoms with Crippen LogP contribution in [0.3, 0.4) is 0 Å². The van der Waals surface area contributed by atoms with Crippen molar-refractivity contribution in [3.8, 4) is 0 Å². The van der Waals surface area contributed by atoms with Crippen molar-refractivity contribution in [2.45, 2.75) is 83.6 Å². The Morgan fingerprint density at radius 1 is 1.24 bits per heavy atom. The van der Waals surface area contributed by atoms with Crippen LogP contribution >= 0.6 is 0 Å². The third-order valence-corrected chi connectivity index (χ3v) is 9.32. The predicted molar refractivity (Wildman–Crippen MR) is 143 cm³/mol. The summed E-state index contributed by atoms with van der Waals surface area (Å²) in [5.74, 6) is -2.17. The molecule has 1 N–H and O–H groups in total. The summed E-state index contributed by atoms with van der Waals surface area (Å²) in [6, 6.07) is -1.45. The molecule has 8 atom stereocenters. The second-order valence-electron chi connectivity index (χ2n) is 11.5. The van der Waals surface area contributed by atoms with Crippen LogP contribution in [0.5, 0.6) is 0 Å². The van der Waals surface area contributed by atoms with Crippen molar-refractivity contribution < 1.29 is 24.2 Å². The van der Waals surface area contributed by atoms with E-state index in [1.807, 2.05) is 27.7 Å². The SMILES string of the molecule is C=CCN(C)C(=O)[C@@H]1[C@H]2C(=O)N([C@@H](CO)[C@@H](C)CC)C(C(=O)N(CC=C)CCCC)C23CC(C)[C@@]1(C)O3. The van der Waals surface area contributed by atoms with Gasteiger partial charge in [-0.3, -0.25) is 14.4 Å². The summed E-state index contributed by atoms with van der Waals surface area (Å²) < 4.78 is 6.83. The molecule has 3 amide bonds. The van der Waals surface area contributed by atoms with Gasteiger partial charge < -0.3 is 24.5 Å². The van der Waals surface area contributed by atoms with E-state index in [1.165, 1.54) is 0 Å². The first kappa shape index (κ1) is 29.4. The van der Waals surface area contributed by atoms with E-state index < -0.39 is 35.1 Å². The molecule has 3 fully saturated rings. The zero-order chi connectivity index (χ0) is 27.7. The largest absolute Gasteiger partial charge is 0.394 e. The van der Waals surface area contributed by atoms with E-state index in [-0.39, 0.29) is 36.2 Å². The molecule has 37 heavy (non-hydrogen) atoms. The Morgan fingerprint density at radius 2 is 1.89 bits per heavy atom. The van der Waals surface area contributed by atoms with Crippen molar-refractivity contribution in [3.05, 3.63) is 25.3 Å². The maximum atomic E-state index is 14.4. The molecule has 8 heteroatoms. The molecular weight excluding hydrogens is 470 g/mol. The molecule has 3 heterocycles. The second-order valence-corrected chi connectivity index (χ2v) is 11.5. The molecule has 3 saturated heterocycles. The summed E-state index contributed by atoms with van der Waals surface area (Å²) in [4.78, 5) is 47.6. The molecule has 8 nitrogen and oxygen atoms in total. The summed E-state index contributed by atoms with van der Waals surface area (Å²) in [7, 11) is 1.71. The molecule has 3 rings (SSSR count). The summed E-state index contributed by atoms with van der Waals surface area (Å²) in [5.41, 5.74) is -1.99. The molecule has 0 aromatic rings. The fourth-order valence-corrected chi connectivity index (χ4v) is 6.99. The van der Waals surface area contributed by atoms with Crippen molar-refractivity contribution in [2.24, 2.45) is 23.7 Å². The molecule has 3 aliphatic rings. The van der Waals surface area contributed by atoms with Crippen molar-refractivity contribution >= 4 is 17.7 Å². The number of rotatable bonds is 13. The Balaban J connectivity index is 2.19. The minimum absolute atomic E-state index is 0.0300. The summed E-state index contributed by atoms with van der Waals surface area (Å²) >= 11 is 0. The Kier molecular flexibility index (Phi) is 8.95. The number of nitrogens with zero attached hydrogens (tertiary/aromatic N) is 3. The van der Waals surface area contributed by atoms with Crippen LogP contribution in [0.15, 0.2) is 25.3 Å². The van der Waals surface area contributed by atoms with Gasteiger partial charge in [0.2, 0.25) is 17.7 Å². The summed E-state index contributed by atoms with van der Waals surface area (Å²) in [6.07, 6.45) is 6.36. The third kappa shape index (κ3) is 4.54. The van der Waals surface area contributed by atoms with Crippen molar-refractivity contribution in [1.29, 1.82) is 0 Å². The van der Waals surface area contributed by atoms with Crippen LogP contribution in [0.2, 0.25) is 0 Å². The Morgan fingerprint density at radius 3 is 2.43 bits per heavy atom. The molecule has 1 spiro atoms. The first-order chi connectivity index (χ1) is 17.5. The number of carbonyl (C=O) groups is 3. The van der Waals surface area contributed by atoms with Crippen molar-refractivity contribution in [1.82, 2.24) is 14.7 Å². The molecule has 3 unspecified atom stereocenters. The normalized spacial score (nSPS) is 33.7. The highest BCUT2D eigenvalue weighted by molar-refractivity contribution is 5.99. The number of likely N-dealkylation sites (N-methyl/N-ethyl adjacent to an activating group) is 1. The van der Waals surface area contributed by atoms with Gasteiger partial charge in [-0.2, -0.15) is 0 Å². The number of hydrogen-bond acceptors (Lipinski definition) is 5. The number of likely N-dealkylation sites (tertiary alicyclic amines) is 1. The van der Waals surface area contributed by atoms with Crippen molar-refractivity contribution in [3.63, 3.8) is 0 Å². The first-order valence-electron chi connectivity index (χ1n) is 13.9. The zero-order valence-corrected chi connectivity index (χ0v) is 23.6. The molecule has 2 bridgehead atoms. The van der Waals surface area contributed by atoms with E-state index in [9.17, 15) is 19.5 Å². The van der Waals surface area contributed by atoms with Gasteiger partial charge in [-0.25, -0.2) is 0 Å². The lowest BCUT2D eigenvalue weighted by Crippen LogP contribution is -2.60. The minimum atomic E-state index is -1.12. The molecule has 0 aliphatic carbocycles. The van der Waals surface area contributed by atoms with Gasteiger partial charge in [-0.1, -0.05) is 52.7 Å². The molecule has 0 radical (unpaired) electrons. The number of carbonyl (C=O) groups excluding carboxylic acids is 3. The number of hydrogen-bond donors (Lipinski definition) is 1. The van der Waals surface area contributed by atoms with Crippen LogP contribution in [0.25, 0.3) is 0 Å². The van der Waals surface area contributed by atoms with Crippen LogP contribution in [0.4, 0.5) is 0 Å². The highest BCUT2D eigenvalue weighted by Crippen LogP contribution is 2.66. The lowest BCUT2D eigenvalue weighted by atomic mass is 9.62. The quantitative estimate of drug-likeness (QED) is 0.380. The van der Waals surface area contributed by atoms with Gasteiger partial charge in [-0.05, 0) is 31.6 Å². The summed E-state index contributed by atoms with van der Waals surface area (Å²) in [5, 5.41) is 10.5. The van der Waals surface area contributed by atoms with E-state index in [0.717, 1.165) is 19.3 Å². The molecular formula is C29H47N3O5. The van der Waals surface area contributed by atoms with E-state index >= 15 is 0 Å². The maximum absolute atomic E-state index is 14.4. The second kappa shape index (κ2) is 11.3. The molecule has 0 aromatic carbocycles. The average molecular weight is 518 g/mol. The maximum Gasteiger partial charge on any atom is 0.248 e. The van der Waals surface area contributed by atoms with E-state index in [1.54, 1.807) is 33.9 Å². The molecule has 208 valence electrons. The lowest BCUT2D eigenvalue weighted by molar-refractivity contribution is -0.158. The van der Waals surface area contributed by atoms with Crippen LogP contribution < -0.4 is 0 Å². The smallest absolute Gasteiger partial charge is 0.248 e. The Hall–Kier alpha value is -2.19. The van der Waals surface area contributed by atoms with E-state index in [4.69, 9.17) is 4.74 Å². The Labute approximate surface area is 222 Å².